The normalized spacial score (nSPS) is 12.7. The number of methoxy groups -OCH3 is 1. The molecule has 0 unspecified atom stereocenters. The Morgan fingerprint density at radius 1 is 1.20 bits per heavy atom. The lowest BCUT2D eigenvalue weighted by Crippen LogP contribution is -2.27. The van der Waals surface area contributed by atoms with E-state index in [2.05, 4.69) is 58.2 Å². The van der Waals surface area contributed by atoms with Gasteiger partial charge in [0, 0.05) is 17.6 Å². The molecule has 0 aliphatic rings. The summed E-state index contributed by atoms with van der Waals surface area (Å²) in [5.41, 5.74) is 2.06. The van der Waals surface area contributed by atoms with Crippen molar-refractivity contribution in [3.8, 4) is 5.75 Å². The van der Waals surface area contributed by atoms with E-state index in [9.17, 15) is 0 Å². The number of fused-ring (bicyclic) bond motifs is 1. The van der Waals surface area contributed by atoms with Gasteiger partial charge in [0.1, 0.15) is 5.75 Å². The van der Waals surface area contributed by atoms with Crippen molar-refractivity contribution in [1.82, 2.24) is 19.9 Å². The summed E-state index contributed by atoms with van der Waals surface area (Å²) < 4.78 is 7.54. The molecule has 1 N–H and O–H groups in total. The molecule has 6 heteroatoms. The average Bonchev–Trinajstić information content (AvgIpc) is 3.05. The predicted octanol–water partition coefficient (Wildman–Crippen LogP) is 3.95. The molecule has 0 spiro atoms. The Kier molecular flexibility index (Phi) is 5.60. The number of rotatable bonds is 7. The molecular weight excluding hydrogens is 332 g/mol. The van der Waals surface area contributed by atoms with E-state index in [0.717, 1.165) is 28.7 Å². The van der Waals surface area contributed by atoms with Crippen molar-refractivity contribution in [2.45, 2.75) is 31.3 Å². The van der Waals surface area contributed by atoms with Crippen LogP contribution in [0.1, 0.15) is 31.3 Å². The molecule has 132 valence electrons. The molecule has 0 saturated carbocycles. The molecule has 2 aromatic heterocycles. The average molecular weight is 356 g/mol. The maximum absolute atomic E-state index is 5.49. The number of hydrogen-bond donors (Lipinski definition) is 1. The maximum atomic E-state index is 5.49. The molecule has 0 amide bonds. The molecule has 2 heterocycles. The Morgan fingerprint density at radius 2 is 2.04 bits per heavy atom. The van der Waals surface area contributed by atoms with E-state index in [4.69, 9.17) is 4.74 Å². The molecular formula is C19H24N4OS. The van der Waals surface area contributed by atoms with Gasteiger partial charge in [0.25, 0.3) is 0 Å². The quantitative estimate of drug-likeness (QED) is 0.650. The van der Waals surface area contributed by atoms with Gasteiger partial charge in [-0.25, -0.2) is 0 Å². The number of nitrogens with zero attached hydrogens (tertiary/aromatic N) is 3. The highest BCUT2D eigenvalue weighted by Crippen LogP contribution is 2.29. The third-order valence-corrected chi connectivity index (χ3v) is 5.04. The van der Waals surface area contributed by atoms with Crippen molar-refractivity contribution >= 4 is 17.4 Å². The number of aromatic nitrogens is 3. The minimum Gasteiger partial charge on any atom is -0.496 e. The van der Waals surface area contributed by atoms with Gasteiger partial charge in [-0.15, -0.1) is 22.0 Å². The topological polar surface area (TPSA) is 51.5 Å². The summed E-state index contributed by atoms with van der Waals surface area (Å²) in [7, 11) is 1.71. The third kappa shape index (κ3) is 3.80. The van der Waals surface area contributed by atoms with Gasteiger partial charge in [0.05, 0.1) is 13.2 Å². The zero-order valence-corrected chi connectivity index (χ0v) is 15.9. The number of nitrogens with one attached hydrogen (secondary N) is 1. The van der Waals surface area contributed by atoms with E-state index in [0.29, 0.717) is 5.92 Å². The fourth-order valence-corrected chi connectivity index (χ4v) is 3.46. The first kappa shape index (κ1) is 17.8. The first-order valence-electron chi connectivity index (χ1n) is 8.38. The van der Waals surface area contributed by atoms with E-state index in [1.807, 2.05) is 24.4 Å². The van der Waals surface area contributed by atoms with Gasteiger partial charge < -0.3 is 10.1 Å². The molecule has 0 saturated heterocycles. The molecule has 1 aromatic carbocycles. The summed E-state index contributed by atoms with van der Waals surface area (Å²) in [6.07, 6.45) is 4.07. The zero-order chi connectivity index (χ0) is 17.8. The van der Waals surface area contributed by atoms with Crippen LogP contribution in [-0.4, -0.2) is 28.0 Å². The highest BCUT2D eigenvalue weighted by atomic mass is 32.2. The summed E-state index contributed by atoms with van der Waals surface area (Å²) in [4.78, 5) is 1.15. The van der Waals surface area contributed by atoms with E-state index in [1.165, 1.54) is 5.56 Å². The minimum absolute atomic E-state index is 0.114. The highest BCUT2D eigenvalue weighted by molar-refractivity contribution is 7.98. The Balaban J connectivity index is 1.81. The second-order valence-electron chi connectivity index (χ2n) is 6.28. The summed E-state index contributed by atoms with van der Waals surface area (Å²) in [5, 5.41) is 12.3. The van der Waals surface area contributed by atoms with Crippen LogP contribution >= 0.6 is 11.8 Å². The predicted molar refractivity (Wildman–Crippen MR) is 102 cm³/mol. The standard InChI is InChI=1S/C19H24N4OS/c1-13(2)18(19-22-21-17-7-5-6-10-23(17)19)20-12-14-8-9-16(25-4)15(11-14)24-3/h5-11,13,18,20H,12H2,1-4H3/t18-/m0/s1. The molecule has 0 bridgehead atoms. The van der Waals surface area contributed by atoms with Gasteiger partial charge in [0.15, 0.2) is 11.5 Å². The Hall–Kier alpha value is -2.05. The van der Waals surface area contributed by atoms with Crippen molar-refractivity contribution in [3.63, 3.8) is 0 Å². The number of hydrogen-bond acceptors (Lipinski definition) is 5. The number of pyridine rings is 1. The Morgan fingerprint density at radius 3 is 2.76 bits per heavy atom. The molecule has 0 radical (unpaired) electrons. The van der Waals surface area contributed by atoms with E-state index in [1.54, 1.807) is 18.9 Å². The fourth-order valence-electron chi connectivity index (χ4n) is 2.92. The third-order valence-electron chi connectivity index (χ3n) is 4.26. The molecule has 0 fully saturated rings. The lowest BCUT2D eigenvalue weighted by molar-refractivity contribution is 0.387. The van der Waals surface area contributed by atoms with Crippen LogP contribution in [0, 0.1) is 5.92 Å². The number of thioether (sulfide) groups is 1. The molecule has 3 rings (SSSR count). The van der Waals surface area contributed by atoms with Crippen molar-refractivity contribution in [2.24, 2.45) is 5.92 Å². The van der Waals surface area contributed by atoms with Gasteiger partial charge in [-0.3, -0.25) is 4.40 Å². The second-order valence-corrected chi connectivity index (χ2v) is 7.13. The van der Waals surface area contributed by atoms with Crippen LogP contribution in [-0.2, 0) is 6.54 Å². The van der Waals surface area contributed by atoms with Crippen LogP contribution in [0.2, 0.25) is 0 Å². The van der Waals surface area contributed by atoms with Gasteiger partial charge in [0.2, 0.25) is 0 Å². The monoisotopic (exact) mass is 356 g/mol. The molecule has 3 aromatic rings. The van der Waals surface area contributed by atoms with Crippen molar-refractivity contribution in [3.05, 3.63) is 54.0 Å². The van der Waals surface area contributed by atoms with Crippen LogP contribution in [0.25, 0.3) is 5.65 Å². The second kappa shape index (κ2) is 7.89. The molecule has 0 aliphatic carbocycles. The SMILES string of the molecule is COc1cc(CN[C@H](c2nnc3ccccn23)C(C)C)ccc1SC. The summed E-state index contributed by atoms with van der Waals surface area (Å²) >= 11 is 1.69. The Bertz CT molecular complexity index is 846. The summed E-state index contributed by atoms with van der Waals surface area (Å²) in [6.45, 7) is 5.13. The summed E-state index contributed by atoms with van der Waals surface area (Å²) in [5.74, 6) is 2.25. The lowest BCUT2D eigenvalue weighted by Gasteiger charge is -2.21. The van der Waals surface area contributed by atoms with E-state index < -0.39 is 0 Å². The van der Waals surface area contributed by atoms with Gasteiger partial charge >= 0.3 is 0 Å². The van der Waals surface area contributed by atoms with Crippen LogP contribution in [0.4, 0.5) is 0 Å². The number of ether oxygens (including phenoxy) is 1. The zero-order valence-electron chi connectivity index (χ0n) is 15.1. The summed E-state index contributed by atoms with van der Waals surface area (Å²) in [6, 6.07) is 12.4. The first-order valence-corrected chi connectivity index (χ1v) is 9.60. The van der Waals surface area contributed by atoms with Crippen LogP contribution in [0.15, 0.2) is 47.5 Å². The van der Waals surface area contributed by atoms with Gasteiger partial charge in [-0.2, -0.15) is 0 Å². The largest absolute Gasteiger partial charge is 0.496 e. The molecule has 25 heavy (non-hydrogen) atoms. The highest BCUT2D eigenvalue weighted by Gasteiger charge is 2.21. The van der Waals surface area contributed by atoms with Crippen molar-refractivity contribution in [2.75, 3.05) is 13.4 Å². The molecule has 5 nitrogen and oxygen atoms in total. The first-order chi connectivity index (χ1) is 12.1. The van der Waals surface area contributed by atoms with E-state index >= 15 is 0 Å². The molecule has 0 aliphatic heterocycles. The molecule has 1 atom stereocenters. The van der Waals surface area contributed by atoms with Crippen molar-refractivity contribution in [1.29, 1.82) is 0 Å². The minimum atomic E-state index is 0.114. The van der Waals surface area contributed by atoms with E-state index in [-0.39, 0.29) is 6.04 Å². The van der Waals surface area contributed by atoms with Crippen LogP contribution < -0.4 is 10.1 Å². The van der Waals surface area contributed by atoms with Crippen LogP contribution in [0.3, 0.4) is 0 Å². The fraction of sp³-hybridized carbons (Fsp3) is 0.368. The maximum Gasteiger partial charge on any atom is 0.160 e. The smallest absolute Gasteiger partial charge is 0.160 e. The van der Waals surface area contributed by atoms with Crippen LogP contribution in [0.5, 0.6) is 5.75 Å². The Labute approximate surface area is 152 Å². The number of benzene rings is 1. The van der Waals surface area contributed by atoms with Gasteiger partial charge in [-0.05, 0) is 42.0 Å². The lowest BCUT2D eigenvalue weighted by atomic mass is 10.0. The van der Waals surface area contributed by atoms with Gasteiger partial charge in [-0.1, -0.05) is 26.0 Å². The van der Waals surface area contributed by atoms with Crippen molar-refractivity contribution < 1.29 is 4.74 Å².